The van der Waals surface area contributed by atoms with Crippen molar-refractivity contribution in [1.82, 2.24) is 4.98 Å². The van der Waals surface area contributed by atoms with Gasteiger partial charge in [-0.05, 0) is 36.8 Å². The second-order valence-electron chi connectivity index (χ2n) is 7.66. The summed E-state index contributed by atoms with van der Waals surface area (Å²) in [6.45, 7) is 2.44. The molecule has 186 valence electrons. The van der Waals surface area contributed by atoms with Gasteiger partial charge in [-0.25, -0.2) is 9.78 Å². The Bertz CT molecular complexity index is 1120. The average Bonchev–Trinajstić information content (AvgIpc) is 3.42. The number of nitrogens with zero attached hydrogens (tertiary/aromatic N) is 1. The number of methoxy groups -OCH3 is 3. The number of ether oxygens (including phenoxy) is 4. The summed E-state index contributed by atoms with van der Waals surface area (Å²) in [6.07, 6.45) is 5.07. The van der Waals surface area contributed by atoms with Gasteiger partial charge < -0.3 is 18.9 Å². The van der Waals surface area contributed by atoms with Gasteiger partial charge in [0.25, 0.3) is 0 Å². The summed E-state index contributed by atoms with van der Waals surface area (Å²) >= 11 is 1.46. The van der Waals surface area contributed by atoms with E-state index < -0.39 is 6.09 Å². The van der Waals surface area contributed by atoms with Crippen LogP contribution in [0.25, 0.3) is 10.6 Å². The Morgan fingerprint density at radius 2 is 1.71 bits per heavy atom. The predicted molar refractivity (Wildman–Crippen MR) is 136 cm³/mol. The molecule has 3 rings (SSSR count). The normalized spacial score (nSPS) is 10.5. The van der Waals surface area contributed by atoms with Crippen molar-refractivity contribution in [3.63, 3.8) is 0 Å². The van der Waals surface area contributed by atoms with Crippen LogP contribution in [-0.2, 0) is 4.74 Å². The number of carbonyl (C=O) groups is 2. The number of nitrogens with one attached hydrogen (secondary N) is 1. The van der Waals surface area contributed by atoms with E-state index in [1.807, 2.05) is 11.4 Å². The van der Waals surface area contributed by atoms with Crippen molar-refractivity contribution >= 4 is 28.9 Å². The van der Waals surface area contributed by atoms with Crippen LogP contribution in [0.5, 0.6) is 17.2 Å². The van der Waals surface area contributed by atoms with Gasteiger partial charge in [-0.3, -0.25) is 10.1 Å². The van der Waals surface area contributed by atoms with Crippen LogP contribution in [0.2, 0.25) is 0 Å². The van der Waals surface area contributed by atoms with Crippen LogP contribution in [0.3, 0.4) is 0 Å². The zero-order chi connectivity index (χ0) is 25.2. The average molecular weight is 499 g/mol. The fourth-order valence-electron chi connectivity index (χ4n) is 3.55. The lowest BCUT2D eigenvalue weighted by molar-refractivity contribution is 0.103. The van der Waals surface area contributed by atoms with E-state index in [9.17, 15) is 9.59 Å². The van der Waals surface area contributed by atoms with Crippen LogP contribution in [0, 0.1) is 0 Å². The van der Waals surface area contributed by atoms with Crippen molar-refractivity contribution in [2.75, 3.05) is 33.3 Å². The molecule has 35 heavy (non-hydrogen) atoms. The maximum absolute atomic E-state index is 13.7. The number of ketones is 1. The van der Waals surface area contributed by atoms with E-state index in [4.69, 9.17) is 18.9 Å². The summed E-state index contributed by atoms with van der Waals surface area (Å²) in [5.74, 6) is 0.758. The van der Waals surface area contributed by atoms with Gasteiger partial charge in [0.15, 0.2) is 17.3 Å². The highest BCUT2D eigenvalue weighted by Crippen LogP contribution is 2.39. The van der Waals surface area contributed by atoms with Gasteiger partial charge in [-0.15, -0.1) is 11.3 Å². The molecule has 1 N–H and O–H groups in total. The SMILES string of the molecule is CCCCCCOC(=O)Nc1ccc(-c2nccs2)cc1C(=O)c1cc(OC)c(OC)c(OC)c1. The van der Waals surface area contributed by atoms with Gasteiger partial charge in [0.05, 0.1) is 33.6 Å². The summed E-state index contributed by atoms with van der Waals surface area (Å²) in [7, 11) is 4.46. The van der Waals surface area contributed by atoms with Gasteiger partial charge in [0.2, 0.25) is 5.75 Å². The van der Waals surface area contributed by atoms with E-state index in [0.717, 1.165) is 36.3 Å². The largest absolute Gasteiger partial charge is 0.493 e. The number of carbonyl (C=O) groups excluding carboxylic acids is 2. The molecule has 0 atom stereocenters. The Hall–Kier alpha value is -3.59. The first-order valence-corrected chi connectivity index (χ1v) is 12.2. The van der Waals surface area contributed by atoms with E-state index in [1.165, 1.54) is 32.7 Å². The van der Waals surface area contributed by atoms with E-state index in [2.05, 4.69) is 17.2 Å². The highest BCUT2D eigenvalue weighted by molar-refractivity contribution is 7.13. The number of hydrogen-bond donors (Lipinski definition) is 1. The minimum atomic E-state index is -0.609. The smallest absolute Gasteiger partial charge is 0.411 e. The van der Waals surface area contributed by atoms with Crippen LogP contribution in [0.1, 0.15) is 48.5 Å². The Morgan fingerprint density at radius 3 is 2.31 bits per heavy atom. The highest BCUT2D eigenvalue weighted by atomic mass is 32.1. The molecule has 1 aromatic heterocycles. The first-order chi connectivity index (χ1) is 17.0. The lowest BCUT2D eigenvalue weighted by Gasteiger charge is -2.15. The molecule has 0 fully saturated rings. The molecule has 0 aliphatic heterocycles. The molecule has 0 spiro atoms. The zero-order valence-corrected chi connectivity index (χ0v) is 21.2. The van der Waals surface area contributed by atoms with Crippen molar-refractivity contribution < 1.29 is 28.5 Å². The fourth-order valence-corrected chi connectivity index (χ4v) is 4.18. The monoisotopic (exact) mass is 498 g/mol. The Kier molecular flexibility index (Phi) is 9.48. The molecule has 0 saturated heterocycles. The van der Waals surface area contributed by atoms with Crippen molar-refractivity contribution in [2.45, 2.75) is 32.6 Å². The summed E-state index contributed by atoms with van der Waals surface area (Å²) in [5.41, 5.74) is 1.69. The highest BCUT2D eigenvalue weighted by Gasteiger charge is 2.22. The summed E-state index contributed by atoms with van der Waals surface area (Å²) in [4.78, 5) is 30.5. The van der Waals surface area contributed by atoms with Gasteiger partial charge in [0.1, 0.15) is 5.01 Å². The molecule has 0 saturated carbocycles. The van der Waals surface area contributed by atoms with E-state index in [-0.39, 0.29) is 11.3 Å². The maximum atomic E-state index is 13.7. The van der Waals surface area contributed by atoms with Crippen molar-refractivity contribution in [3.8, 4) is 27.8 Å². The second-order valence-corrected chi connectivity index (χ2v) is 8.56. The third kappa shape index (κ3) is 6.51. The maximum Gasteiger partial charge on any atom is 0.411 e. The van der Waals surface area contributed by atoms with Crippen LogP contribution in [-0.4, -0.2) is 44.8 Å². The number of thiazole rings is 1. The minimum absolute atomic E-state index is 0.287. The summed E-state index contributed by atoms with van der Waals surface area (Å²) in [5, 5.41) is 5.34. The third-order valence-electron chi connectivity index (χ3n) is 5.34. The fraction of sp³-hybridized carbons (Fsp3) is 0.346. The van der Waals surface area contributed by atoms with E-state index in [1.54, 1.807) is 30.5 Å². The molecular formula is C26H30N2O6S. The topological polar surface area (TPSA) is 96.0 Å². The van der Waals surface area contributed by atoms with E-state index in [0.29, 0.717) is 35.1 Å². The van der Waals surface area contributed by atoms with Crippen molar-refractivity contribution in [3.05, 3.63) is 53.0 Å². The van der Waals surface area contributed by atoms with Gasteiger partial charge in [-0.2, -0.15) is 0 Å². The summed E-state index contributed by atoms with van der Waals surface area (Å²) < 4.78 is 21.5. The number of anilines is 1. The molecule has 1 heterocycles. The molecule has 0 radical (unpaired) electrons. The third-order valence-corrected chi connectivity index (χ3v) is 6.16. The number of hydrogen-bond acceptors (Lipinski definition) is 8. The first kappa shape index (κ1) is 26.0. The van der Waals surface area contributed by atoms with Gasteiger partial charge in [0, 0.05) is 28.3 Å². The molecule has 9 heteroatoms. The number of rotatable bonds is 12. The Labute approximate surface area is 209 Å². The Morgan fingerprint density at radius 1 is 0.971 bits per heavy atom. The van der Waals surface area contributed by atoms with Crippen molar-refractivity contribution in [2.24, 2.45) is 0 Å². The molecule has 2 aromatic carbocycles. The molecule has 3 aromatic rings. The standard InChI is InChI=1S/C26H30N2O6S/c1-5-6-7-8-12-34-26(30)28-20-10-9-17(25-27-11-13-35-25)14-19(20)23(29)18-15-21(31-2)24(33-4)22(16-18)32-3/h9-11,13-16H,5-8,12H2,1-4H3,(H,28,30). The number of amides is 1. The van der Waals surface area contributed by atoms with E-state index >= 15 is 0 Å². The second kappa shape index (κ2) is 12.8. The Balaban J connectivity index is 1.94. The number of aromatic nitrogens is 1. The van der Waals surface area contributed by atoms with Crippen LogP contribution < -0.4 is 19.5 Å². The minimum Gasteiger partial charge on any atom is -0.493 e. The number of unbranched alkanes of at least 4 members (excludes halogenated alkanes) is 3. The van der Waals surface area contributed by atoms with Crippen LogP contribution >= 0.6 is 11.3 Å². The lowest BCUT2D eigenvalue weighted by Crippen LogP contribution is -2.17. The molecular weight excluding hydrogens is 468 g/mol. The zero-order valence-electron chi connectivity index (χ0n) is 20.4. The molecule has 8 nitrogen and oxygen atoms in total. The number of benzene rings is 2. The lowest BCUT2D eigenvalue weighted by atomic mass is 9.98. The first-order valence-electron chi connectivity index (χ1n) is 11.3. The van der Waals surface area contributed by atoms with Crippen LogP contribution in [0.15, 0.2) is 41.9 Å². The van der Waals surface area contributed by atoms with Gasteiger partial charge >= 0.3 is 6.09 Å². The molecule has 0 unspecified atom stereocenters. The van der Waals surface area contributed by atoms with Crippen molar-refractivity contribution in [1.29, 1.82) is 0 Å². The molecule has 0 aliphatic rings. The quantitative estimate of drug-likeness (QED) is 0.235. The molecule has 0 bridgehead atoms. The predicted octanol–water partition coefficient (Wildman–Crippen LogP) is 6.20. The summed E-state index contributed by atoms with van der Waals surface area (Å²) in [6, 6.07) is 8.36. The van der Waals surface area contributed by atoms with Gasteiger partial charge in [-0.1, -0.05) is 26.2 Å². The van der Waals surface area contributed by atoms with Crippen LogP contribution in [0.4, 0.5) is 10.5 Å². The molecule has 0 aliphatic carbocycles. The molecule has 1 amide bonds.